The highest BCUT2D eigenvalue weighted by atomic mass is 16.5. The van der Waals surface area contributed by atoms with Crippen LogP contribution in [0, 0.1) is 6.92 Å². The molecule has 0 atom stereocenters. The number of nitrogens with zero attached hydrogens (tertiary/aromatic N) is 2. The highest BCUT2D eigenvalue weighted by Gasteiger charge is 2.23. The highest BCUT2D eigenvalue weighted by molar-refractivity contribution is 5.41. The maximum Gasteiger partial charge on any atom is 0.122 e. The van der Waals surface area contributed by atoms with Crippen LogP contribution in [-0.4, -0.2) is 49.1 Å². The zero-order valence-corrected chi connectivity index (χ0v) is 18.2. The Bertz CT molecular complexity index is 795. The summed E-state index contributed by atoms with van der Waals surface area (Å²) in [7, 11) is 2.25. The molecule has 3 nitrogen and oxygen atoms in total. The molecule has 156 valence electrons. The third-order valence-electron chi connectivity index (χ3n) is 6.54. The first-order chi connectivity index (χ1) is 14.2. The third kappa shape index (κ3) is 5.61. The molecule has 2 aromatic rings. The lowest BCUT2D eigenvalue weighted by molar-refractivity contribution is 0.112. The summed E-state index contributed by atoms with van der Waals surface area (Å²) in [4.78, 5) is 5.23. The van der Waals surface area contributed by atoms with Crippen LogP contribution in [0.15, 0.2) is 42.5 Å². The van der Waals surface area contributed by atoms with Crippen molar-refractivity contribution in [2.24, 2.45) is 0 Å². The number of likely N-dealkylation sites (tertiary alicyclic amines) is 1. The third-order valence-corrected chi connectivity index (χ3v) is 6.54. The van der Waals surface area contributed by atoms with Gasteiger partial charge in [0.25, 0.3) is 0 Å². The molecule has 2 aliphatic heterocycles. The lowest BCUT2D eigenvalue weighted by Crippen LogP contribution is -2.43. The van der Waals surface area contributed by atoms with Crippen LogP contribution in [-0.2, 0) is 13.0 Å². The van der Waals surface area contributed by atoms with Crippen LogP contribution in [0.2, 0.25) is 0 Å². The quantitative estimate of drug-likeness (QED) is 0.676. The van der Waals surface area contributed by atoms with Gasteiger partial charge in [0.15, 0.2) is 0 Å². The summed E-state index contributed by atoms with van der Waals surface area (Å²) in [6.07, 6.45) is 7.18. The molecule has 1 fully saturated rings. The van der Waals surface area contributed by atoms with Gasteiger partial charge in [0, 0.05) is 19.0 Å². The molecule has 0 unspecified atom stereocenters. The predicted molar refractivity (Wildman–Crippen MR) is 121 cm³/mol. The van der Waals surface area contributed by atoms with Crippen LogP contribution in [0.4, 0.5) is 0 Å². The van der Waals surface area contributed by atoms with E-state index in [1.807, 2.05) is 0 Å². The number of aryl methyl sites for hydroxylation is 1. The van der Waals surface area contributed by atoms with Crippen LogP contribution in [0.25, 0.3) is 0 Å². The molecular weight excluding hydrogens is 356 g/mol. The van der Waals surface area contributed by atoms with Crippen molar-refractivity contribution in [2.45, 2.75) is 58.0 Å². The van der Waals surface area contributed by atoms with E-state index in [0.29, 0.717) is 0 Å². The Morgan fingerprint density at radius 3 is 2.59 bits per heavy atom. The van der Waals surface area contributed by atoms with E-state index in [9.17, 15) is 0 Å². The fourth-order valence-electron chi connectivity index (χ4n) is 4.81. The molecule has 0 amide bonds. The first-order valence-electron chi connectivity index (χ1n) is 11.4. The number of hydrogen-bond donors (Lipinski definition) is 0. The van der Waals surface area contributed by atoms with E-state index in [2.05, 4.69) is 66.2 Å². The van der Waals surface area contributed by atoms with E-state index < -0.39 is 0 Å². The number of rotatable bonds is 1. The van der Waals surface area contributed by atoms with Gasteiger partial charge in [-0.05, 0) is 88.5 Å². The summed E-state index contributed by atoms with van der Waals surface area (Å²) in [5, 5.41) is 0. The fraction of sp³-hybridized carbons (Fsp3) is 0.538. The van der Waals surface area contributed by atoms with Crippen molar-refractivity contribution in [1.82, 2.24) is 9.80 Å². The first kappa shape index (κ1) is 20.4. The zero-order valence-electron chi connectivity index (χ0n) is 18.2. The van der Waals surface area contributed by atoms with Gasteiger partial charge < -0.3 is 9.64 Å². The normalized spacial score (nSPS) is 20.5. The predicted octanol–water partition coefficient (Wildman–Crippen LogP) is 5.04. The molecule has 1 saturated heterocycles. The minimum absolute atomic E-state index is 0.724. The van der Waals surface area contributed by atoms with Crippen molar-refractivity contribution in [3.63, 3.8) is 0 Å². The molecule has 3 heteroatoms. The van der Waals surface area contributed by atoms with E-state index in [4.69, 9.17) is 4.74 Å². The number of hydrogen-bond acceptors (Lipinski definition) is 3. The smallest absolute Gasteiger partial charge is 0.122 e. The largest absolute Gasteiger partial charge is 0.493 e. The van der Waals surface area contributed by atoms with Crippen LogP contribution < -0.4 is 4.74 Å². The van der Waals surface area contributed by atoms with Crippen molar-refractivity contribution in [1.29, 1.82) is 0 Å². The molecule has 4 rings (SSSR count). The summed E-state index contributed by atoms with van der Waals surface area (Å²) in [5.74, 6) is 1.06. The van der Waals surface area contributed by atoms with E-state index in [-0.39, 0.29) is 0 Å². The Hall–Kier alpha value is -1.84. The molecule has 2 bridgehead atoms. The van der Waals surface area contributed by atoms with Gasteiger partial charge in [-0.3, -0.25) is 4.90 Å². The fourth-order valence-corrected chi connectivity index (χ4v) is 4.81. The molecule has 0 aliphatic carbocycles. The number of fused-ring (bicyclic) bond motifs is 3. The molecule has 0 radical (unpaired) electrons. The van der Waals surface area contributed by atoms with Crippen LogP contribution in [0.1, 0.15) is 54.4 Å². The molecule has 2 aromatic carbocycles. The van der Waals surface area contributed by atoms with Gasteiger partial charge in [0.05, 0.1) is 6.61 Å². The van der Waals surface area contributed by atoms with Crippen LogP contribution >= 0.6 is 0 Å². The van der Waals surface area contributed by atoms with Crippen molar-refractivity contribution in [2.75, 3.05) is 33.3 Å². The van der Waals surface area contributed by atoms with E-state index in [0.717, 1.165) is 37.8 Å². The van der Waals surface area contributed by atoms with Gasteiger partial charge >= 0.3 is 0 Å². The Morgan fingerprint density at radius 2 is 1.72 bits per heavy atom. The van der Waals surface area contributed by atoms with Gasteiger partial charge in [0.1, 0.15) is 5.75 Å². The lowest BCUT2D eigenvalue weighted by atomic mass is 9.98. The SMILES string of the molecule is Cc1ccc2c(c1)Cc1cccc(c1)CN(C1CCN(C)CC1)CCCCCO2. The van der Waals surface area contributed by atoms with Crippen molar-refractivity contribution >= 4 is 0 Å². The van der Waals surface area contributed by atoms with Crippen molar-refractivity contribution < 1.29 is 4.74 Å². The Kier molecular flexibility index (Phi) is 6.89. The van der Waals surface area contributed by atoms with Crippen LogP contribution in [0.5, 0.6) is 5.75 Å². The molecule has 0 N–H and O–H groups in total. The minimum atomic E-state index is 0.724. The second-order valence-corrected chi connectivity index (χ2v) is 9.02. The Labute approximate surface area is 176 Å². The summed E-state index contributed by atoms with van der Waals surface area (Å²) in [5.41, 5.74) is 5.45. The average Bonchev–Trinajstić information content (AvgIpc) is 2.71. The molecule has 0 aromatic heterocycles. The van der Waals surface area contributed by atoms with Crippen molar-refractivity contribution in [3.8, 4) is 5.75 Å². The standard InChI is InChI=1S/C26H36N2O/c1-21-9-10-26-24(17-21)19-22-7-6-8-23(18-22)20-28(13-4-3-5-16-29-26)25-11-14-27(2)15-12-25/h6-10,17-18,25H,3-5,11-16,19-20H2,1-2H3. The maximum absolute atomic E-state index is 6.20. The van der Waals surface area contributed by atoms with Gasteiger partial charge in [-0.2, -0.15) is 0 Å². The Morgan fingerprint density at radius 1 is 0.897 bits per heavy atom. The maximum atomic E-state index is 6.20. The highest BCUT2D eigenvalue weighted by Crippen LogP contribution is 2.25. The van der Waals surface area contributed by atoms with Crippen LogP contribution in [0.3, 0.4) is 0 Å². The molecule has 0 saturated carbocycles. The van der Waals surface area contributed by atoms with Gasteiger partial charge in [0.2, 0.25) is 0 Å². The number of piperidine rings is 1. The van der Waals surface area contributed by atoms with E-state index in [1.54, 1.807) is 0 Å². The van der Waals surface area contributed by atoms with Crippen molar-refractivity contribution in [3.05, 3.63) is 64.7 Å². The summed E-state index contributed by atoms with van der Waals surface area (Å²) in [6.45, 7) is 7.73. The number of benzene rings is 2. The molecular formula is C26H36N2O. The average molecular weight is 393 g/mol. The summed E-state index contributed by atoms with van der Waals surface area (Å²) < 4.78 is 6.20. The lowest BCUT2D eigenvalue weighted by Gasteiger charge is -2.37. The second-order valence-electron chi connectivity index (χ2n) is 9.02. The minimum Gasteiger partial charge on any atom is -0.493 e. The molecule has 29 heavy (non-hydrogen) atoms. The summed E-state index contributed by atoms with van der Waals surface area (Å²) >= 11 is 0. The number of ether oxygens (including phenoxy) is 1. The topological polar surface area (TPSA) is 15.7 Å². The van der Waals surface area contributed by atoms with Gasteiger partial charge in [-0.15, -0.1) is 0 Å². The monoisotopic (exact) mass is 392 g/mol. The zero-order chi connectivity index (χ0) is 20.1. The first-order valence-corrected chi connectivity index (χ1v) is 11.4. The van der Waals surface area contributed by atoms with Gasteiger partial charge in [-0.1, -0.05) is 42.0 Å². The van der Waals surface area contributed by atoms with Gasteiger partial charge in [-0.25, -0.2) is 0 Å². The Balaban J connectivity index is 1.57. The molecule has 2 aliphatic rings. The molecule has 0 spiro atoms. The van der Waals surface area contributed by atoms with E-state index in [1.165, 1.54) is 67.6 Å². The molecule has 2 heterocycles. The van der Waals surface area contributed by atoms with E-state index >= 15 is 0 Å². The summed E-state index contributed by atoms with van der Waals surface area (Å²) in [6, 6.07) is 16.6. The second kappa shape index (κ2) is 9.77.